The molecule has 3 nitrogen and oxygen atoms in total. The summed E-state index contributed by atoms with van der Waals surface area (Å²) >= 11 is 1.95. The van der Waals surface area contributed by atoms with E-state index in [2.05, 4.69) is 31.3 Å². The summed E-state index contributed by atoms with van der Waals surface area (Å²) in [7, 11) is 0. The van der Waals surface area contributed by atoms with Crippen molar-refractivity contribution in [3.8, 4) is 5.75 Å². The summed E-state index contributed by atoms with van der Waals surface area (Å²) in [6.07, 6.45) is 3.92. The minimum Gasteiger partial charge on any atom is -0.493 e. The van der Waals surface area contributed by atoms with E-state index in [1.807, 2.05) is 11.8 Å². The zero-order chi connectivity index (χ0) is 15.6. The molecule has 1 aromatic carbocycles. The summed E-state index contributed by atoms with van der Waals surface area (Å²) < 4.78 is 5.98. The van der Waals surface area contributed by atoms with Gasteiger partial charge in [-0.1, -0.05) is 17.7 Å². The van der Waals surface area contributed by atoms with Crippen LogP contribution in [0.3, 0.4) is 0 Å². The second-order valence-corrected chi connectivity index (χ2v) is 7.99. The van der Waals surface area contributed by atoms with Crippen molar-refractivity contribution in [2.75, 3.05) is 24.7 Å². The number of benzene rings is 1. The van der Waals surface area contributed by atoms with Gasteiger partial charge < -0.3 is 15.2 Å². The Morgan fingerprint density at radius 3 is 2.86 bits per heavy atom. The molecule has 2 aliphatic rings. The van der Waals surface area contributed by atoms with Gasteiger partial charge in [0.05, 0.1) is 12.2 Å². The van der Waals surface area contributed by atoms with Crippen LogP contribution in [0, 0.1) is 13.8 Å². The Bertz CT molecular complexity index is 526. The lowest BCUT2D eigenvalue weighted by Gasteiger charge is -2.33. The minimum atomic E-state index is -0.530. The van der Waals surface area contributed by atoms with Crippen LogP contribution in [0.4, 0.5) is 0 Å². The first-order valence-electron chi connectivity index (χ1n) is 8.35. The van der Waals surface area contributed by atoms with Crippen LogP contribution in [0.2, 0.25) is 0 Å². The Hall–Kier alpha value is -0.710. The number of aliphatic hydroxyl groups is 1. The largest absolute Gasteiger partial charge is 0.493 e. The number of rotatable bonds is 3. The maximum absolute atomic E-state index is 10.7. The molecule has 2 N–H and O–H groups in total. The lowest BCUT2D eigenvalue weighted by atomic mass is 9.93. The van der Waals surface area contributed by atoms with Gasteiger partial charge in [0.1, 0.15) is 5.75 Å². The van der Waals surface area contributed by atoms with Gasteiger partial charge in [0.25, 0.3) is 0 Å². The van der Waals surface area contributed by atoms with Gasteiger partial charge in [0.2, 0.25) is 0 Å². The standard InChI is InChI=1S/C18H27NO2S/c1-13-10-14(2)17-15(11-13)16(4-3-7-21-17)19-12-18(20)5-8-22-9-6-18/h10-11,16,19-20H,3-9,12H2,1-2H3. The van der Waals surface area contributed by atoms with Crippen molar-refractivity contribution in [1.82, 2.24) is 5.32 Å². The van der Waals surface area contributed by atoms with Crippen molar-refractivity contribution in [1.29, 1.82) is 0 Å². The Kier molecular flexibility index (Phi) is 5.00. The molecule has 122 valence electrons. The van der Waals surface area contributed by atoms with Crippen LogP contribution in [0.25, 0.3) is 0 Å². The summed E-state index contributed by atoms with van der Waals surface area (Å²) in [6, 6.07) is 4.72. The van der Waals surface area contributed by atoms with Crippen LogP contribution in [0.15, 0.2) is 12.1 Å². The second-order valence-electron chi connectivity index (χ2n) is 6.76. The van der Waals surface area contributed by atoms with Gasteiger partial charge in [-0.05, 0) is 56.6 Å². The van der Waals surface area contributed by atoms with Gasteiger partial charge in [0, 0.05) is 18.2 Å². The van der Waals surface area contributed by atoms with Gasteiger partial charge >= 0.3 is 0 Å². The third-order valence-electron chi connectivity index (χ3n) is 4.81. The Morgan fingerprint density at radius 2 is 2.09 bits per heavy atom. The van der Waals surface area contributed by atoms with E-state index in [1.165, 1.54) is 16.7 Å². The molecule has 0 aromatic heterocycles. The summed E-state index contributed by atoms with van der Waals surface area (Å²) in [4.78, 5) is 0. The molecule has 1 saturated heterocycles. The quantitative estimate of drug-likeness (QED) is 0.896. The van der Waals surface area contributed by atoms with Crippen LogP contribution in [-0.4, -0.2) is 35.4 Å². The predicted molar refractivity (Wildman–Crippen MR) is 92.9 cm³/mol. The molecule has 3 rings (SSSR count). The van der Waals surface area contributed by atoms with E-state index in [-0.39, 0.29) is 6.04 Å². The van der Waals surface area contributed by atoms with Crippen molar-refractivity contribution in [3.05, 3.63) is 28.8 Å². The lowest BCUT2D eigenvalue weighted by molar-refractivity contribution is 0.0293. The normalized spacial score (nSPS) is 24.2. The molecule has 4 heteroatoms. The maximum Gasteiger partial charge on any atom is 0.126 e. The highest BCUT2D eigenvalue weighted by Crippen LogP contribution is 2.36. The minimum absolute atomic E-state index is 0.287. The average molecular weight is 321 g/mol. The first-order valence-corrected chi connectivity index (χ1v) is 9.50. The molecule has 1 aromatic rings. The van der Waals surface area contributed by atoms with Crippen molar-refractivity contribution in [2.45, 2.75) is 51.2 Å². The fourth-order valence-corrected chi connectivity index (χ4v) is 4.77. The van der Waals surface area contributed by atoms with Gasteiger partial charge in [-0.3, -0.25) is 0 Å². The van der Waals surface area contributed by atoms with Crippen LogP contribution in [0.5, 0.6) is 5.75 Å². The van der Waals surface area contributed by atoms with Crippen molar-refractivity contribution >= 4 is 11.8 Å². The molecule has 1 fully saturated rings. The number of thioether (sulfide) groups is 1. The van der Waals surface area contributed by atoms with E-state index < -0.39 is 5.60 Å². The SMILES string of the molecule is Cc1cc(C)c2c(c1)C(NCC1(O)CCSCC1)CCCO2. The monoisotopic (exact) mass is 321 g/mol. The average Bonchev–Trinajstić information content (AvgIpc) is 2.68. The zero-order valence-electron chi connectivity index (χ0n) is 13.7. The third-order valence-corrected chi connectivity index (χ3v) is 5.79. The number of ether oxygens (including phenoxy) is 1. The van der Waals surface area contributed by atoms with Crippen molar-refractivity contribution < 1.29 is 9.84 Å². The van der Waals surface area contributed by atoms with Crippen LogP contribution < -0.4 is 10.1 Å². The number of aryl methyl sites for hydroxylation is 2. The first-order chi connectivity index (χ1) is 10.6. The van der Waals surface area contributed by atoms with Crippen LogP contribution in [0.1, 0.15) is 48.4 Å². The Labute approximate surface area is 137 Å². The van der Waals surface area contributed by atoms with E-state index >= 15 is 0 Å². The molecule has 0 aliphatic carbocycles. The van der Waals surface area contributed by atoms with Crippen LogP contribution >= 0.6 is 11.8 Å². The summed E-state index contributed by atoms with van der Waals surface area (Å²) in [5.41, 5.74) is 3.24. The lowest BCUT2D eigenvalue weighted by Crippen LogP contribution is -2.44. The van der Waals surface area contributed by atoms with Gasteiger partial charge in [-0.25, -0.2) is 0 Å². The highest BCUT2D eigenvalue weighted by atomic mass is 32.2. The van der Waals surface area contributed by atoms with Gasteiger partial charge in [-0.15, -0.1) is 0 Å². The molecule has 0 spiro atoms. The summed E-state index contributed by atoms with van der Waals surface area (Å²) in [5, 5.41) is 14.4. The number of nitrogens with one attached hydrogen (secondary N) is 1. The van der Waals surface area contributed by atoms with E-state index in [4.69, 9.17) is 4.74 Å². The summed E-state index contributed by atoms with van der Waals surface area (Å²) in [5.74, 6) is 3.19. The Balaban J connectivity index is 1.76. The molecule has 0 saturated carbocycles. The molecular weight excluding hydrogens is 294 g/mol. The van der Waals surface area contributed by atoms with Gasteiger partial charge in [-0.2, -0.15) is 11.8 Å². The topological polar surface area (TPSA) is 41.5 Å². The van der Waals surface area contributed by atoms with Crippen molar-refractivity contribution in [2.24, 2.45) is 0 Å². The molecule has 0 amide bonds. The molecule has 1 atom stereocenters. The fraction of sp³-hybridized carbons (Fsp3) is 0.667. The zero-order valence-corrected chi connectivity index (χ0v) is 14.5. The van der Waals surface area contributed by atoms with E-state index in [9.17, 15) is 5.11 Å². The summed E-state index contributed by atoms with van der Waals surface area (Å²) in [6.45, 7) is 5.74. The maximum atomic E-state index is 10.7. The van der Waals surface area contributed by atoms with Crippen LogP contribution in [-0.2, 0) is 0 Å². The smallest absolute Gasteiger partial charge is 0.126 e. The predicted octanol–water partition coefficient (Wildman–Crippen LogP) is 3.36. The molecule has 0 radical (unpaired) electrons. The van der Waals surface area contributed by atoms with Crippen molar-refractivity contribution in [3.63, 3.8) is 0 Å². The van der Waals surface area contributed by atoms with E-state index in [1.54, 1.807) is 0 Å². The molecule has 1 unspecified atom stereocenters. The highest BCUT2D eigenvalue weighted by molar-refractivity contribution is 7.99. The number of hydrogen-bond acceptors (Lipinski definition) is 4. The molecule has 2 aliphatic heterocycles. The molecular formula is C18H27NO2S. The fourth-order valence-electron chi connectivity index (χ4n) is 3.51. The second kappa shape index (κ2) is 6.81. The molecule has 2 heterocycles. The number of fused-ring (bicyclic) bond motifs is 1. The van der Waals surface area contributed by atoms with Gasteiger partial charge in [0.15, 0.2) is 0 Å². The Morgan fingerprint density at radius 1 is 1.32 bits per heavy atom. The van der Waals surface area contributed by atoms with E-state index in [0.717, 1.165) is 49.5 Å². The molecule has 0 bridgehead atoms. The number of hydrogen-bond donors (Lipinski definition) is 2. The first kappa shape index (κ1) is 16.2. The van der Waals surface area contributed by atoms with E-state index in [0.29, 0.717) is 6.54 Å². The third kappa shape index (κ3) is 3.61. The molecule has 22 heavy (non-hydrogen) atoms. The highest BCUT2D eigenvalue weighted by Gasteiger charge is 2.31.